The minimum atomic E-state index is -0.723. The molecule has 0 saturated carbocycles. The van der Waals surface area contributed by atoms with Crippen molar-refractivity contribution in [2.45, 2.75) is 32.1 Å². The summed E-state index contributed by atoms with van der Waals surface area (Å²) in [5, 5.41) is 8.69. The molecule has 1 aromatic rings. The molecule has 0 aliphatic rings. The van der Waals surface area contributed by atoms with Gasteiger partial charge in [-0.05, 0) is 30.9 Å². The van der Waals surface area contributed by atoms with E-state index in [0.29, 0.717) is 0 Å². The minimum Gasteiger partial charge on any atom is -0.481 e. The number of hydrogen-bond donors (Lipinski definition) is 1. The zero-order valence-corrected chi connectivity index (χ0v) is 10.2. The van der Waals surface area contributed by atoms with Crippen LogP contribution in [0.1, 0.15) is 37.7 Å². The number of rotatable bonds is 7. The third kappa shape index (κ3) is 6.68. The lowest BCUT2D eigenvalue weighted by Crippen LogP contribution is -1.93. The molecule has 0 amide bonds. The number of carboxylic acids is 1. The first-order valence-electron chi connectivity index (χ1n) is 5.54. The van der Waals surface area contributed by atoms with Crippen LogP contribution in [-0.2, 0) is 4.79 Å². The third-order valence-electron chi connectivity index (χ3n) is 2.21. The van der Waals surface area contributed by atoms with E-state index in [1.165, 1.54) is 0 Å². The monoisotopic (exact) mass is 254 g/mol. The molecule has 17 heavy (non-hydrogen) atoms. The zero-order chi connectivity index (χ0) is 12.5. The quantitative estimate of drug-likeness (QED) is 0.600. The van der Waals surface area contributed by atoms with E-state index in [-0.39, 0.29) is 11.7 Å². The maximum atomic E-state index is 10.3. The average Bonchev–Trinajstić information content (AvgIpc) is 2.30. The van der Waals surface area contributed by atoms with Gasteiger partial charge in [0.15, 0.2) is 0 Å². The van der Waals surface area contributed by atoms with Gasteiger partial charge in [-0.1, -0.05) is 18.6 Å². The van der Waals surface area contributed by atoms with Gasteiger partial charge in [0.2, 0.25) is 5.28 Å². The second-order valence-electron chi connectivity index (χ2n) is 3.68. The van der Waals surface area contributed by atoms with Gasteiger partial charge in [-0.15, -0.1) is 0 Å². The van der Waals surface area contributed by atoms with Gasteiger partial charge in [0, 0.05) is 24.4 Å². The summed E-state index contributed by atoms with van der Waals surface area (Å²) >= 11 is 5.56. The zero-order valence-electron chi connectivity index (χ0n) is 9.47. The molecule has 0 radical (unpaired) electrons. The summed E-state index contributed by atoms with van der Waals surface area (Å²) in [6.07, 6.45) is 11.2. The van der Waals surface area contributed by atoms with Gasteiger partial charge in [0.05, 0.1) is 0 Å². The number of carboxylic acid groups (broad SMARTS) is 1. The van der Waals surface area contributed by atoms with Gasteiger partial charge in [-0.2, -0.15) is 0 Å². The van der Waals surface area contributed by atoms with Gasteiger partial charge in [0.1, 0.15) is 0 Å². The van der Waals surface area contributed by atoms with Crippen LogP contribution < -0.4 is 0 Å². The van der Waals surface area contributed by atoms with Crippen molar-refractivity contribution in [1.29, 1.82) is 0 Å². The smallest absolute Gasteiger partial charge is 0.303 e. The summed E-state index contributed by atoms with van der Waals surface area (Å²) in [6, 6.07) is 0. The first-order chi connectivity index (χ1) is 8.18. The molecule has 0 spiro atoms. The van der Waals surface area contributed by atoms with Crippen LogP contribution in [0, 0.1) is 0 Å². The highest BCUT2D eigenvalue weighted by molar-refractivity contribution is 6.28. The van der Waals surface area contributed by atoms with Crippen molar-refractivity contribution in [2.75, 3.05) is 0 Å². The Morgan fingerprint density at radius 1 is 1.29 bits per heavy atom. The summed E-state index contributed by atoms with van der Waals surface area (Å²) in [7, 11) is 0. The van der Waals surface area contributed by atoms with E-state index in [4.69, 9.17) is 16.7 Å². The van der Waals surface area contributed by atoms with Crippen LogP contribution in [0.3, 0.4) is 0 Å². The van der Waals surface area contributed by atoms with Crippen LogP contribution in [0.25, 0.3) is 6.08 Å². The van der Waals surface area contributed by atoms with Crippen molar-refractivity contribution in [3.8, 4) is 0 Å². The molecule has 0 atom stereocenters. The van der Waals surface area contributed by atoms with E-state index < -0.39 is 5.97 Å². The largest absolute Gasteiger partial charge is 0.481 e. The molecule has 5 heteroatoms. The highest BCUT2D eigenvalue weighted by atomic mass is 35.5. The first-order valence-corrected chi connectivity index (χ1v) is 5.92. The van der Waals surface area contributed by atoms with Gasteiger partial charge in [0.25, 0.3) is 0 Å². The molecule has 1 heterocycles. The standard InChI is InChI=1S/C12H15ClN2O2/c13-12-14-8-10(9-15-12)6-4-2-1-3-5-7-11(16)17/h4,6,8-9H,1-3,5,7H2,(H,16,17)/b6-4+. The molecule has 92 valence electrons. The maximum absolute atomic E-state index is 10.3. The van der Waals surface area contributed by atoms with Crippen molar-refractivity contribution in [3.63, 3.8) is 0 Å². The van der Waals surface area contributed by atoms with Crippen LogP contribution in [0.4, 0.5) is 0 Å². The molecule has 1 aromatic heterocycles. The number of unbranched alkanes of at least 4 members (excludes halogenated alkanes) is 3. The van der Waals surface area contributed by atoms with Gasteiger partial charge in [-0.3, -0.25) is 4.79 Å². The summed E-state index contributed by atoms with van der Waals surface area (Å²) in [6.45, 7) is 0. The molecular weight excluding hydrogens is 240 g/mol. The second kappa shape index (κ2) is 7.79. The molecule has 0 unspecified atom stereocenters. The lowest BCUT2D eigenvalue weighted by molar-refractivity contribution is -0.137. The number of nitrogens with zero attached hydrogens (tertiary/aromatic N) is 2. The van der Waals surface area contributed by atoms with Gasteiger partial charge >= 0.3 is 5.97 Å². The molecule has 0 aromatic carbocycles. The molecule has 0 saturated heterocycles. The molecule has 4 nitrogen and oxygen atoms in total. The van der Waals surface area contributed by atoms with Crippen molar-refractivity contribution in [1.82, 2.24) is 9.97 Å². The Bertz CT molecular complexity index is 377. The number of carbonyl (C=O) groups is 1. The van der Waals surface area contributed by atoms with E-state index in [9.17, 15) is 4.79 Å². The predicted molar refractivity (Wildman–Crippen MR) is 66.8 cm³/mol. The molecule has 0 fully saturated rings. The summed E-state index contributed by atoms with van der Waals surface area (Å²) in [5.74, 6) is -0.723. The fourth-order valence-electron chi connectivity index (χ4n) is 1.34. The molecule has 0 aliphatic carbocycles. The van der Waals surface area contributed by atoms with E-state index in [1.54, 1.807) is 12.4 Å². The molecule has 0 bridgehead atoms. The fourth-order valence-corrected chi connectivity index (χ4v) is 1.44. The SMILES string of the molecule is O=C(O)CCCCC/C=C/c1cnc(Cl)nc1. The number of aliphatic carboxylic acids is 1. The fraction of sp³-hybridized carbons (Fsp3) is 0.417. The Hall–Kier alpha value is -1.42. The Kier molecular flexibility index (Phi) is 6.25. The molecule has 1 N–H and O–H groups in total. The van der Waals surface area contributed by atoms with Crippen LogP contribution in [0.2, 0.25) is 5.28 Å². The molecular formula is C12H15ClN2O2. The molecule has 0 aliphatic heterocycles. The van der Waals surface area contributed by atoms with E-state index in [0.717, 1.165) is 31.2 Å². The highest BCUT2D eigenvalue weighted by Gasteiger charge is 1.95. The van der Waals surface area contributed by atoms with Gasteiger partial charge in [-0.25, -0.2) is 9.97 Å². The Labute approximate surface area is 105 Å². The van der Waals surface area contributed by atoms with Crippen LogP contribution in [0.15, 0.2) is 18.5 Å². The lowest BCUT2D eigenvalue weighted by Gasteiger charge is -1.95. The summed E-state index contributed by atoms with van der Waals surface area (Å²) in [5.41, 5.74) is 0.917. The van der Waals surface area contributed by atoms with Gasteiger partial charge < -0.3 is 5.11 Å². The first kappa shape index (κ1) is 13.6. The number of aromatic nitrogens is 2. The van der Waals surface area contributed by atoms with E-state index in [2.05, 4.69) is 9.97 Å². The van der Waals surface area contributed by atoms with E-state index in [1.807, 2.05) is 12.2 Å². The normalized spacial score (nSPS) is 10.9. The third-order valence-corrected chi connectivity index (χ3v) is 2.41. The van der Waals surface area contributed by atoms with Crippen LogP contribution in [0.5, 0.6) is 0 Å². The van der Waals surface area contributed by atoms with Crippen molar-refractivity contribution in [3.05, 3.63) is 29.3 Å². The molecule has 1 rings (SSSR count). The average molecular weight is 255 g/mol. The van der Waals surface area contributed by atoms with Crippen LogP contribution in [-0.4, -0.2) is 21.0 Å². The van der Waals surface area contributed by atoms with Crippen molar-refractivity contribution >= 4 is 23.6 Å². The van der Waals surface area contributed by atoms with E-state index >= 15 is 0 Å². The number of hydrogen-bond acceptors (Lipinski definition) is 3. The lowest BCUT2D eigenvalue weighted by atomic mass is 10.1. The maximum Gasteiger partial charge on any atom is 0.303 e. The Morgan fingerprint density at radius 3 is 2.65 bits per heavy atom. The number of allylic oxidation sites excluding steroid dienone is 1. The van der Waals surface area contributed by atoms with Crippen molar-refractivity contribution < 1.29 is 9.90 Å². The predicted octanol–water partition coefficient (Wildman–Crippen LogP) is 3.18. The summed E-state index contributed by atoms with van der Waals surface area (Å²) in [4.78, 5) is 18.0. The van der Waals surface area contributed by atoms with Crippen LogP contribution >= 0.6 is 11.6 Å². The topological polar surface area (TPSA) is 63.1 Å². The Balaban J connectivity index is 2.14. The Morgan fingerprint density at radius 2 is 2.00 bits per heavy atom. The highest BCUT2D eigenvalue weighted by Crippen LogP contribution is 2.07. The second-order valence-corrected chi connectivity index (χ2v) is 4.02. The summed E-state index contributed by atoms with van der Waals surface area (Å²) < 4.78 is 0. The number of halogens is 1. The van der Waals surface area contributed by atoms with Crippen molar-refractivity contribution in [2.24, 2.45) is 0 Å². The minimum absolute atomic E-state index is 0.246.